The van der Waals surface area contributed by atoms with E-state index in [1.165, 1.54) is 16.9 Å². The molecule has 3 aromatic carbocycles. The molecule has 0 fully saturated rings. The van der Waals surface area contributed by atoms with Gasteiger partial charge in [0, 0.05) is 22.3 Å². The molecule has 0 radical (unpaired) electrons. The van der Waals surface area contributed by atoms with Gasteiger partial charge in [0.2, 0.25) is 0 Å². The lowest BCUT2D eigenvalue weighted by Gasteiger charge is -2.13. The van der Waals surface area contributed by atoms with Crippen LogP contribution in [0.5, 0.6) is 5.75 Å². The van der Waals surface area contributed by atoms with Crippen molar-refractivity contribution in [1.29, 1.82) is 0 Å². The summed E-state index contributed by atoms with van der Waals surface area (Å²) in [6, 6.07) is 22.1. The van der Waals surface area contributed by atoms with Crippen molar-refractivity contribution >= 4 is 40.6 Å². The second kappa shape index (κ2) is 9.68. The first-order chi connectivity index (χ1) is 15.5. The van der Waals surface area contributed by atoms with E-state index in [2.05, 4.69) is 10.4 Å². The number of amides is 1. The van der Waals surface area contributed by atoms with E-state index < -0.39 is 5.91 Å². The molecule has 4 rings (SSSR count). The number of benzene rings is 3. The number of ketones is 1. The Labute approximate surface area is 194 Å². The number of nitrogens with one attached hydrogen (secondary N) is 1. The molecule has 0 saturated carbocycles. The number of hydrogen-bond donors (Lipinski definition) is 1. The Hall–Kier alpha value is -3.61. The molecule has 0 aliphatic heterocycles. The Bertz CT molecular complexity index is 1270. The molecule has 0 aliphatic rings. The van der Waals surface area contributed by atoms with Crippen molar-refractivity contribution in [3.05, 3.63) is 112 Å². The zero-order valence-corrected chi connectivity index (χ0v) is 18.2. The van der Waals surface area contributed by atoms with Crippen LogP contribution in [-0.4, -0.2) is 21.5 Å². The third-order valence-electron chi connectivity index (χ3n) is 4.64. The van der Waals surface area contributed by atoms with Gasteiger partial charge < -0.3 is 10.1 Å². The summed E-state index contributed by atoms with van der Waals surface area (Å²) < 4.78 is 7.07. The summed E-state index contributed by atoms with van der Waals surface area (Å²) in [5.74, 6) is -0.224. The fourth-order valence-corrected chi connectivity index (χ4v) is 3.43. The van der Waals surface area contributed by atoms with Crippen molar-refractivity contribution in [3.8, 4) is 5.75 Å². The van der Waals surface area contributed by atoms with Gasteiger partial charge in [0.15, 0.2) is 12.5 Å². The van der Waals surface area contributed by atoms with Gasteiger partial charge in [-0.05, 0) is 36.4 Å². The first kappa shape index (κ1) is 21.6. The molecule has 8 heteroatoms. The predicted molar refractivity (Wildman–Crippen MR) is 124 cm³/mol. The van der Waals surface area contributed by atoms with Gasteiger partial charge in [-0.15, -0.1) is 0 Å². The third kappa shape index (κ3) is 4.82. The molecule has 0 aliphatic carbocycles. The molecule has 1 aromatic heterocycles. The minimum Gasteiger partial charge on any atom is -0.470 e. The number of carbonyl (C=O) groups excluding carboxylic acids is 2. The molecule has 160 valence electrons. The van der Waals surface area contributed by atoms with Crippen molar-refractivity contribution in [2.45, 2.75) is 6.73 Å². The van der Waals surface area contributed by atoms with Crippen LogP contribution in [0.2, 0.25) is 10.0 Å². The van der Waals surface area contributed by atoms with Gasteiger partial charge in [-0.1, -0.05) is 65.7 Å². The number of hydrogen-bond acceptors (Lipinski definition) is 4. The quantitative estimate of drug-likeness (QED) is 0.354. The predicted octanol–water partition coefficient (Wildman–Crippen LogP) is 5.71. The lowest BCUT2D eigenvalue weighted by Crippen LogP contribution is -2.21. The van der Waals surface area contributed by atoms with Gasteiger partial charge in [-0.25, -0.2) is 4.68 Å². The van der Waals surface area contributed by atoms with Crippen molar-refractivity contribution < 1.29 is 14.3 Å². The number of carbonyl (C=O) groups is 2. The molecule has 0 saturated heterocycles. The summed E-state index contributed by atoms with van der Waals surface area (Å²) in [7, 11) is 0. The molecular weight excluding hydrogens is 449 g/mol. The summed E-state index contributed by atoms with van der Waals surface area (Å²) in [6.07, 6.45) is 1.49. The number of rotatable bonds is 7. The smallest absolute Gasteiger partial charge is 0.274 e. The van der Waals surface area contributed by atoms with Gasteiger partial charge in [-0.2, -0.15) is 5.10 Å². The molecule has 1 N–H and O–H groups in total. The number of anilines is 1. The van der Waals surface area contributed by atoms with Crippen LogP contribution in [0.25, 0.3) is 0 Å². The second-order valence-corrected chi connectivity index (χ2v) is 7.60. The highest BCUT2D eigenvalue weighted by atomic mass is 35.5. The Morgan fingerprint density at radius 3 is 2.47 bits per heavy atom. The van der Waals surface area contributed by atoms with Gasteiger partial charge in [-0.3, -0.25) is 9.59 Å². The minimum atomic E-state index is -0.449. The van der Waals surface area contributed by atoms with E-state index in [0.717, 1.165) is 0 Å². The maximum absolute atomic E-state index is 13.0. The fraction of sp³-hybridized carbons (Fsp3) is 0.0417. The molecule has 0 atom stereocenters. The first-order valence-corrected chi connectivity index (χ1v) is 10.4. The molecule has 0 spiro atoms. The molecule has 1 amide bonds. The average Bonchev–Trinajstić information content (AvgIpc) is 3.28. The van der Waals surface area contributed by atoms with Crippen LogP contribution in [0, 0.1) is 0 Å². The normalized spacial score (nSPS) is 10.6. The molecule has 1 heterocycles. The summed E-state index contributed by atoms with van der Waals surface area (Å²) in [5.41, 5.74) is 1.37. The van der Waals surface area contributed by atoms with Crippen molar-refractivity contribution in [3.63, 3.8) is 0 Å². The highest BCUT2D eigenvalue weighted by Crippen LogP contribution is 2.25. The van der Waals surface area contributed by atoms with E-state index >= 15 is 0 Å². The molecule has 4 aromatic rings. The number of para-hydroxylation sites is 1. The number of aromatic nitrogens is 2. The van der Waals surface area contributed by atoms with Crippen molar-refractivity contribution in [2.24, 2.45) is 0 Å². The molecule has 32 heavy (non-hydrogen) atoms. The van der Waals surface area contributed by atoms with Gasteiger partial charge in [0.25, 0.3) is 5.91 Å². The topological polar surface area (TPSA) is 73.2 Å². The van der Waals surface area contributed by atoms with Crippen LogP contribution in [0.3, 0.4) is 0 Å². The van der Waals surface area contributed by atoms with E-state index in [1.807, 2.05) is 6.07 Å². The largest absolute Gasteiger partial charge is 0.470 e. The number of halogens is 2. The number of nitrogens with zero attached hydrogens (tertiary/aromatic N) is 2. The minimum absolute atomic E-state index is 0.0179. The highest BCUT2D eigenvalue weighted by molar-refractivity contribution is 6.32. The highest BCUT2D eigenvalue weighted by Gasteiger charge is 2.19. The maximum Gasteiger partial charge on any atom is 0.274 e. The van der Waals surface area contributed by atoms with Crippen LogP contribution in [0.1, 0.15) is 26.4 Å². The van der Waals surface area contributed by atoms with Gasteiger partial charge in [0.1, 0.15) is 11.4 Å². The van der Waals surface area contributed by atoms with Gasteiger partial charge >= 0.3 is 0 Å². The van der Waals surface area contributed by atoms with Crippen LogP contribution in [-0.2, 0) is 6.73 Å². The van der Waals surface area contributed by atoms with Crippen LogP contribution in [0.15, 0.2) is 85.1 Å². The Kier molecular flexibility index (Phi) is 6.54. The van der Waals surface area contributed by atoms with E-state index in [1.54, 1.807) is 66.7 Å². The van der Waals surface area contributed by atoms with Gasteiger partial charge in [0.05, 0.1) is 10.7 Å². The zero-order valence-electron chi connectivity index (χ0n) is 16.7. The van der Waals surface area contributed by atoms with E-state index in [-0.39, 0.29) is 23.8 Å². The Balaban J connectivity index is 1.55. The standard InChI is InChI=1S/C24H17Cl2N3O3/c25-17-10-11-20(18(14-17)23(30)16-6-2-1-3-7-16)28-24(31)21-12-13-27-29(21)15-32-22-9-5-4-8-19(22)26/h1-14H,15H2,(H,28,31). The maximum atomic E-state index is 13.0. The monoisotopic (exact) mass is 465 g/mol. The Morgan fingerprint density at radius 2 is 1.69 bits per heavy atom. The fourth-order valence-electron chi connectivity index (χ4n) is 3.07. The Morgan fingerprint density at radius 1 is 0.938 bits per heavy atom. The molecule has 6 nitrogen and oxygen atoms in total. The summed E-state index contributed by atoms with van der Waals surface area (Å²) in [5, 5.41) is 7.77. The number of ether oxygens (including phenoxy) is 1. The molecule has 0 bridgehead atoms. The average molecular weight is 466 g/mol. The first-order valence-electron chi connectivity index (χ1n) is 9.63. The summed E-state index contributed by atoms with van der Waals surface area (Å²) in [4.78, 5) is 26.0. The van der Waals surface area contributed by atoms with Crippen LogP contribution in [0.4, 0.5) is 5.69 Å². The SMILES string of the molecule is O=C(c1ccccc1)c1cc(Cl)ccc1NC(=O)c1ccnn1COc1ccccc1Cl. The van der Waals surface area contributed by atoms with E-state index in [0.29, 0.717) is 27.0 Å². The summed E-state index contributed by atoms with van der Waals surface area (Å²) in [6.45, 7) is -0.0179. The van der Waals surface area contributed by atoms with Crippen molar-refractivity contribution in [2.75, 3.05) is 5.32 Å². The lowest BCUT2D eigenvalue weighted by molar-refractivity contribution is 0.100. The summed E-state index contributed by atoms with van der Waals surface area (Å²) >= 11 is 12.2. The lowest BCUT2D eigenvalue weighted by atomic mass is 10.0. The molecule has 0 unspecified atom stereocenters. The van der Waals surface area contributed by atoms with Crippen molar-refractivity contribution in [1.82, 2.24) is 9.78 Å². The van der Waals surface area contributed by atoms with E-state index in [4.69, 9.17) is 27.9 Å². The molecular formula is C24H17Cl2N3O3. The van der Waals surface area contributed by atoms with Crippen LogP contribution < -0.4 is 10.1 Å². The van der Waals surface area contributed by atoms with E-state index in [9.17, 15) is 9.59 Å². The van der Waals surface area contributed by atoms with Crippen LogP contribution >= 0.6 is 23.2 Å². The third-order valence-corrected chi connectivity index (χ3v) is 5.19. The second-order valence-electron chi connectivity index (χ2n) is 6.76. The zero-order chi connectivity index (χ0) is 22.5.